The van der Waals surface area contributed by atoms with E-state index < -0.39 is 23.1 Å². The lowest BCUT2D eigenvalue weighted by Gasteiger charge is -2.33. The average molecular weight is 280 g/mol. The predicted octanol–water partition coefficient (Wildman–Crippen LogP) is 4.80. The van der Waals surface area contributed by atoms with Crippen molar-refractivity contribution in [3.63, 3.8) is 0 Å². The predicted molar refractivity (Wildman–Crippen MR) is 68.9 cm³/mol. The van der Waals surface area contributed by atoms with Crippen molar-refractivity contribution in [3.05, 3.63) is 11.8 Å². The number of halogens is 3. The summed E-state index contributed by atoms with van der Waals surface area (Å²) < 4.78 is 39.4. The number of carbonyl (C=O) groups is 1. The van der Waals surface area contributed by atoms with Crippen LogP contribution in [-0.4, -0.2) is 17.1 Å². The second kappa shape index (κ2) is 6.96. The molecule has 0 aromatic rings. The number of aliphatic hydroxyl groups excluding tert-OH is 1. The summed E-state index contributed by atoms with van der Waals surface area (Å²) in [6.45, 7) is 6.33. The quantitative estimate of drug-likeness (QED) is 0.537. The van der Waals surface area contributed by atoms with Gasteiger partial charge in [0.05, 0.1) is 0 Å². The van der Waals surface area contributed by atoms with Crippen molar-refractivity contribution in [2.45, 2.75) is 59.6 Å². The van der Waals surface area contributed by atoms with Crippen LogP contribution in [0.1, 0.15) is 53.4 Å². The summed E-state index contributed by atoms with van der Waals surface area (Å²) >= 11 is 0. The van der Waals surface area contributed by atoms with Gasteiger partial charge in [-0.15, -0.1) is 0 Å². The van der Waals surface area contributed by atoms with Crippen LogP contribution in [0, 0.1) is 11.3 Å². The van der Waals surface area contributed by atoms with Crippen LogP contribution < -0.4 is 0 Å². The lowest BCUT2D eigenvalue weighted by molar-refractivity contribution is -0.221. The van der Waals surface area contributed by atoms with Crippen molar-refractivity contribution < 1.29 is 23.1 Å². The fourth-order valence-corrected chi connectivity index (χ4v) is 2.24. The van der Waals surface area contributed by atoms with E-state index in [1.165, 1.54) is 13.8 Å². The molecule has 112 valence electrons. The van der Waals surface area contributed by atoms with Crippen molar-refractivity contribution in [2.24, 2.45) is 11.3 Å². The molecule has 0 amide bonds. The fourth-order valence-electron chi connectivity index (χ4n) is 2.24. The molecule has 0 saturated carbocycles. The molecule has 0 aliphatic rings. The topological polar surface area (TPSA) is 37.3 Å². The molecule has 0 rings (SSSR count). The van der Waals surface area contributed by atoms with E-state index in [0.717, 1.165) is 6.08 Å². The first kappa shape index (κ1) is 18.0. The number of allylic oxidation sites excluding steroid dienone is 2. The number of hydrogen-bond acceptors (Lipinski definition) is 2. The summed E-state index contributed by atoms with van der Waals surface area (Å²) in [4.78, 5) is 11.8. The normalized spacial score (nSPS) is 14.0. The van der Waals surface area contributed by atoms with Crippen molar-refractivity contribution in [3.8, 4) is 0 Å². The van der Waals surface area contributed by atoms with Crippen LogP contribution in [0.4, 0.5) is 13.2 Å². The van der Waals surface area contributed by atoms with E-state index in [9.17, 15) is 23.1 Å². The third-order valence-corrected chi connectivity index (χ3v) is 3.91. The molecule has 0 fully saturated rings. The summed E-state index contributed by atoms with van der Waals surface area (Å²) in [5.74, 6) is -1.62. The van der Waals surface area contributed by atoms with E-state index in [0.29, 0.717) is 12.8 Å². The Bertz CT molecular complexity index is 324. The molecule has 19 heavy (non-hydrogen) atoms. The van der Waals surface area contributed by atoms with Gasteiger partial charge < -0.3 is 5.11 Å². The highest BCUT2D eigenvalue weighted by atomic mass is 19.4. The number of hydrogen-bond donors (Lipinski definition) is 1. The monoisotopic (exact) mass is 280 g/mol. The summed E-state index contributed by atoms with van der Waals surface area (Å²) in [6, 6.07) is 0. The zero-order valence-corrected chi connectivity index (χ0v) is 12.0. The molecule has 0 atom stereocenters. The maximum atomic E-state index is 13.1. The molecule has 0 unspecified atom stereocenters. The van der Waals surface area contributed by atoms with Gasteiger partial charge in [0.1, 0.15) is 11.2 Å². The first-order chi connectivity index (χ1) is 8.70. The molecule has 0 radical (unpaired) electrons. The van der Waals surface area contributed by atoms with Gasteiger partial charge in [0, 0.05) is 12.0 Å². The lowest BCUT2D eigenvalue weighted by atomic mass is 9.78. The third kappa shape index (κ3) is 3.74. The highest BCUT2D eigenvalue weighted by Gasteiger charge is 2.55. The van der Waals surface area contributed by atoms with Gasteiger partial charge in [-0.05, 0) is 25.7 Å². The van der Waals surface area contributed by atoms with E-state index in [4.69, 9.17) is 0 Å². The van der Waals surface area contributed by atoms with Crippen LogP contribution in [0.3, 0.4) is 0 Å². The molecule has 0 aromatic heterocycles. The van der Waals surface area contributed by atoms with Gasteiger partial charge in [-0.3, -0.25) is 4.79 Å². The lowest BCUT2D eigenvalue weighted by Crippen LogP contribution is -2.39. The third-order valence-electron chi connectivity index (χ3n) is 3.91. The largest absolute Gasteiger partial charge is 0.511 e. The number of aliphatic hydroxyl groups is 1. The second-order valence-corrected chi connectivity index (χ2v) is 4.73. The Hall–Kier alpha value is -1.00. The summed E-state index contributed by atoms with van der Waals surface area (Å²) in [7, 11) is 0. The van der Waals surface area contributed by atoms with Gasteiger partial charge in [-0.2, -0.15) is 13.2 Å². The summed E-state index contributed by atoms with van der Waals surface area (Å²) in [6.07, 6.45) is -3.26. The average Bonchev–Trinajstić information content (AvgIpc) is 2.30. The number of carbonyl (C=O) groups excluding carboxylic acids is 1. The van der Waals surface area contributed by atoms with Crippen molar-refractivity contribution in [1.82, 2.24) is 0 Å². The number of rotatable bonds is 7. The smallest absolute Gasteiger partial charge is 0.401 e. The molecule has 2 nitrogen and oxygen atoms in total. The van der Waals surface area contributed by atoms with E-state index in [-0.39, 0.29) is 18.8 Å². The van der Waals surface area contributed by atoms with E-state index in [1.807, 2.05) is 0 Å². The first-order valence-electron chi connectivity index (χ1n) is 6.71. The molecule has 0 saturated heterocycles. The van der Waals surface area contributed by atoms with Gasteiger partial charge in [-0.1, -0.05) is 27.7 Å². The molecule has 0 bridgehead atoms. The van der Waals surface area contributed by atoms with Crippen LogP contribution in [0.2, 0.25) is 0 Å². The molecular formula is C14H23F3O2. The first-order valence-corrected chi connectivity index (χ1v) is 6.71. The van der Waals surface area contributed by atoms with Crippen LogP contribution in [0.5, 0.6) is 0 Å². The molecule has 0 aliphatic heterocycles. The Balaban J connectivity index is 5.44. The molecule has 5 heteroatoms. The molecule has 0 spiro atoms. The molecule has 0 aliphatic carbocycles. The van der Waals surface area contributed by atoms with Gasteiger partial charge in [0.2, 0.25) is 0 Å². The minimum Gasteiger partial charge on any atom is -0.511 e. The zero-order chi connectivity index (χ0) is 15.3. The van der Waals surface area contributed by atoms with Gasteiger partial charge >= 0.3 is 6.18 Å². The second-order valence-electron chi connectivity index (χ2n) is 4.73. The Morgan fingerprint density at radius 2 is 1.53 bits per heavy atom. The summed E-state index contributed by atoms with van der Waals surface area (Å²) in [5, 5.41) is 9.83. The highest BCUT2D eigenvalue weighted by Crippen LogP contribution is 2.48. The van der Waals surface area contributed by atoms with Gasteiger partial charge in [-0.25, -0.2) is 0 Å². The standard InChI is InChI=1S/C14H23F3O2/c1-5-10(6-2)11(18)9-12(19)13(7-3,8-4)14(15,16)17/h9-10,19H,5-8H2,1-4H3/b12-9-. The summed E-state index contributed by atoms with van der Waals surface area (Å²) in [5.41, 5.74) is -2.31. The number of alkyl halides is 3. The maximum absolute atomic E-state index is 13.1. The molecular weight excluding hydrogens is 257 g/mol. The van der Waals surface area contributed by atoms with Crippen LogP contribution >= 0.6 is 0 Å². The fraction of sp³-hybridized carbons (Fsp3) is 0.786. The molecule has 0 aromatic carbocycles. The van der Waals surface area contributed by atoms with E-state index in [2.05, 4.69) is 0 Å². The number of ketones is 1. The minimum absolute atomic E-state index is 0.286. The van der Waals surface area contributed by atoms with Crippen LogP contribution in [-0.2, 0) is 4.79 Å². The Morgan fingerprint density at radius 1 is 1.11 bits per heavy atom. The van der Waals surface area contributed by atoms with Crippen molar-refractivity contribution in [2.75, 3.05) is 0 Å². The van der Waals surface area contributed by atoms with Crippen molar-refractivity contribution >= 4 is 5.78 Å². The van der Waals surface area contributed by atoms with E-state index in [1.54, 1.807) is 13.8 Å². The highest BCUT2D eigenvalue weighted by molar-refractivity contribution is 5.92. The zero-order valence-electron chi connectivity index (χ0n) is 12.0. The van der Waals surface area contributed by atoms with Crippen LogP contribution in [0.15, 0.2) is 11.8 Å². The van der Waals surface area contributed by atoms with Gasteiger partial charge in [0.25, 0.3) is 0 Å². The Morgan fingerprint density at radius 3 is 1.79 bits per heavy atom. The van der Waals surface area contributed by atoms with E-state index >= 15 is 0 Å². The molecule has 0 heterocycles. The van der Waals surface area contributed by atoms with Crippen molar-refractivity contribution in [1.29, 1.82) is 0 Å². The van der Waals surface area contributed by atoms with Gasteiger partial charge in [0.15, 0.2) is 5.78 Å². The SMILES string of the molecule is CCC(CC)C(=O)/C=C(\O)C(CC)(CC)C(F)(F)F. The minimum atomic E-state index is -4.56. The Labute approximate surface area is 112 Å². The molecule has 1 N–H and O–H groups in total. The van der Waals surface area contributed by atoms with Crippen LogP contribution in [0.25, 0.3) is 0 Å². The maximum Gasteiger partial charge on any atom is 0.401 e. The Kier molecular flexibility index (Phi) is 6.60.